The molecule has 5 nitrogen and oxygen atoms in total. The van der Waals surface area contributed by atoms with Gasteiger partial charge >= 0.3 is 0 Å². The molecular weight excluding hydrogens is 250 g/mol. The van der Waals surface area contributed by atoms with Crippen LogP contribution in [0.15, 0.2) is 24.5 Å². The van der Waals surface area contributed by atoms with Crippen LogP contribution in [0.4, 0.5) is 0 Å². The second-order valence-corrected chi connectivity index (χ2v) is 5.68. The summed E-state index contributed by atoms with van der Waals surface area (Å²) in [4.78, 5) is 8.69. The fraction of sp³-hybridized carbons (Fsp3) is 0.467. The van der Waals surface area contributed by atoms with E-state index in [2.05, 4.69) is 51.2 Å². The van der Waals surface area contributed by atoms with Gasteiger partial charge in [0.05, 0.1) is 11.4 Å². The number of hydrogen-bond acceptors (Lipinski definition) is 4. The van der Waals surface area contributed by atoms with E-state index < -0.39 is 0 Å². The highest BCUT2D eigenvalue weighted by atomic mass is 15.2. The molecule has 3 heterocycles. The molecule has 5 heteroatoms. The largest absolute Gasteiger partial charge is 0.303 e. The van der Waals surface area contributed by atoms with Crippen molar-refractivity contribution in [1.29, 1.82) is 0 Å². The van der Waals surface area contributed by atoms with E-state index in [1.54, 1.807) is 0 Å². The van der Waals surface area contributed by atoms with Crippen LogP contribution < -0.4 is 0 Å². The molecule has 1 aliphatic heterocycles. The van der Waals surface area contributed by atoms with Crippen molar-refractivity contribution in [3.8, 4) is 0 Å². The third-order valence-corrected chi connectivity index (χ3v) is 3.72. The minimum Gasteiger partial charge on any atom is -0.303 e. The van der Waals surface area contributed by atoms with Gasteiger partial charge in [0.1, 0.15) is 0 Å². The lowest BCUT2D eigenvalue weighted by atomic mass is 10.0. The van der Waals surface area contributed by atoms with E-state index in [1.165, 1.54) is 22.5 Å². The number of H-pyrrole nitrogens is 1. The molecule has 106 valence electrons. The summed E-state index contributed by atoms with van der Waals surface area (Å²) in [6, 6.07) is 4.17. The van der Waals surface area contributed by atoms with Gasteiger partial charge < -0.3 is 4.90 Å². The number of aromatic nitrogens is 3. The van der Waals surface area contributed by atoms with Crippen molar-refractivity contribution < 1.29 is 0 Å². The van der Waals surface area contributed by atoms with Gasteiger partial charge in [-0.05, 0) is 38.2 Å². The Morgan fingerprint density at radius 3 is 2.85 bits per heavy atom. The molecule has 0 saturated carbocycles. The summed E-state index contributed by atoms with van der Waals surface area (Å²) >= 11 is 0. The Labute approximate surface area is 119 Å². The van der Waals surface area contributed by atoms with Crippen molar-refractivity contribution in [2.45, 2.75) is 26.1 Å². The van der Waals surface area contributed by atoms with Gasteiger partial charge in [-0.1, -0.05) is 0 Å². The molecule has 0 saturated heterocycles. The van der Waals surface area contributed by atoms with Crippen LogP contribution in [0.2, 0.25) is 0 Å². The number of nitrogens with one attached hydrogen (secondary N) is 1. The standard InChI is InChI=1S/C15H21N5/c1-19(2)10-14-13-5-8-20(11-15(13)18-17-14)9-12-3-6-16-7-4-12/h3-4,6-7H,5,8-11H2,1-2H3,(H,17,18). The normalized spacial score (nSPS) is 15.6. The van der Waals surface area contributed by atoms with E-state index in [9.17, 15) is 0 Å². The first-order chi connectivity index (χ1) is 9.72. The zero-order valence-corrected chi connectivity index (χ0v) is 12.1. The number of nitrogens with zero attached hydrogens (tertiary/aromatic N) is 4. The highest BCUT2D eigenvalue weighted by Crippen LogP contribution is 2.22. The van der Waals surface area contributed by atoms with Crippen molar-refractivity contribution in [3.05, 3.63) is 47.0 Å². The van der Waals surface area contributed by atoms with Crippen molar-refractivity contribution >= 4 is 0 Å². The van der Waals surface area contributed by atoms with Crippen molar-refractivity contribution in [2.75, 3.05) is 20.6 Å². The second-order valence-electron chi connectivity index (χ2n) is 5.68. The monoisotopic (exact) mass is 271 g/mol. The quantitative estimate of drug-likeness (QED) is 0.914. The number of rotatable bonds is 4. The van der Waals surface area contributed by atoms with Crippen molar-refractivity contribution in [3.63, 3.8) is 0 Å². The molecule has 0 aromatic carbocycles. The molecule has 0 atom stereocenters. The molecule has 2 aromatic rings. The second kappa shape index (κ2) is 5.73. The van der Waals surface area contributed by atoms with Gasteiger partial charge in [0.25, 0.3) is 0 Å². The average Bonchev–Trinajstić information content (AvgIpc) is 2.82. The lowest BCUT2D eigenvalue weighted by Crippen LogP contribution is -2.30. The molecule has 1 N–H and O–H groups in total. The first kappa shape index (κ1) is 13.3. The smallest absolute Gasteiger partial charge is 0.0797 e. The van der Waals surface area contributed by atoms with Gasteiger partial charge in [0.15, 0.2) is 0 Å². The van der Waals surface area contributed by atoms with Gasteiger partial charge in [-0.3, -0.25) is 15.0 Å². The summed E-state index contributed by atoms with van der Waals surface area (Å²) < 4.78 is 0. The first-order valence-corrected chi connectivity index (χ1v) is 7.03. The van der Waals surface area contributed by atoms with Crippen LogP contribution in [-0.4, -0.2) is 45.6 Å². The summed E-state index contributed by atoms with van der Waals surface area (Å²) in [6.07, 6.45) is 4.80. The van der Waals surface area contributed by atoms with Crippen LogP contribution in [0.3, 0.4) is 0 Å². The number of pyridine rings is 1. The van der Waals surface area contributed by atoms with E-state index in [-0.39, 0.29) is 0 Å². The SMILES string of the molecule is CN(C)Cc1n[nH]c2c1CCN(Cc1ccncc1)C2. The zero-order chi connectivity index (χ0) is 13.9. The van der Waals surface area contributed by atoms with E-state index in [1.807, 2.05) is 12.4 Å². The van der Waals surface area contributed by atoms with Gasteiger partial charge in [0, 0.05) is 44.1 Å². The predicted molar refractivity (Wildman–Crippen MR) is 78.0 cm³/mol. The summed E-state index contributed by atoms with van der Waals surface area (Å²) in [5.41, 5.74) is 5.22. The fourth-order valence-electron chi connectivity index (χ4n) is 2.75. The summed E-state index contributed by atoms with van der Waals surface area (Å²) in [6.45, 7) is 3.94. The van der Waals surface area contributed by atoms with E-state index in [0.29, 0.717) is 0 Å². The summed E-state index contributed by atoms with van der Waals surface area (Å²) in [5, 5.41) is 7.69. The summed E-state index contributed by atoms with van der Waals surface area (Å²) in [5.74, 6) is 0. The Morgan fingerprint density at radius 2 is 2.10 bits per heavy atom. The predicted octanol–water partition coefficient (Wildman–Crippen LogP) is 1.42. The van der Waals surface area contributed by atoms with Gasteiger partial charge in [-0.15, -0.1) is 0 Å². The molecule has 1 aliphatic rings. The molecule has 3 rings (SSSR count). The Balaban J connectivity index is 1.68. The fourth-order valence-corrected chi connectivity index (χ4v) is 2.75. The van der Waals surface area contributed by atoms with Crippen molar-refractivity contribution in [1.82, 2.24) is 25.0 Å². The van der Waals surface area contributed by atoms with Crippen LogP contribution in [0.25, 0.3) is 0 Å². The lowest BCUT2D eigenvalue weighted by Gasteiger charge is -2.26. The Morgan fingerprint density at radius 1 is 1.30 bits per heavy atom. The van der Waals surface area contributed by atoms with E-state index in [0.717, 1.165) is 32.6 Å². The minimum atomic E-state index is 0.913. The molecule has 0 aliphatic carbocycles. The first-order valence-electron chi connectivity index (χ1n) is 7.03. The Kier molecular flexibility index (Phi) is 3.80. The lowest BCUT2D eigenvalue weighted by molar-refractivity contribution is 0.242. The average molecular weight is 271 g/mol. The van der Waals surface area contributed by atoms with Crippen LogP contribution in [-0.2, 0) is 26.1 Å². The number of hydrogen-bond donors (Lipinski definition) is 1. The molecule has 20 heavy (non-hydrogen) atoms. The van der Waals surface area contributed by atoms with Crippen LogP contribution in [0.1, 0.15) is 22.5 Å². The third kappa shape index (κ3) is 2.89. The van der Waals surface area contributed by atoms with Crippen LogP contribution in [0.5, 0.6) is 0 Å². The topological polar surface area (TPSA) is 48.1 Å². The third-order valence-electron chi connectivity index (χ3n) is 3.72. The maximum Gasteiger partial charge on any atom is 0.0797 e. The van der Waals surface area contributed by atoms with E-state index >= 15 is 0 Å². The minimum absolute atomic E-state index is 0.913. The number of fused-ring (bicyclic) bond motifs is 1. The number of aromatic amines is 1. The molecule has 0 amide bonds. The molecule has 0 bridgehead atoms. The van der Waals surface area contributed by atoms with Crippen LogP contribution >= 0.6 is 0 Å². The molecule has 0 spiro atoms. The molecular formula is C15H21N5. The molecule has 0 fully saturated rings. The van der Waals surface area contributed by atoms with Crippen LogP contribution in [0, 0.1) is 0 Å². The highest BCUT2D eigenvalue weighted by Gasteiger charge is 2.21. The Bertz CT molecular complexity index is 561. The van der Waals surface area contributed by atoms with E-state index in [4.69, 9.17) is 0 Å². The van der Waals surface area contributed by atoms with Gasteiger partial charge in [-0.25, -0.2) is 0 Å². The summed E-state index contributed by atoms with van der Waals surface area (Å²) in [7, 11) is 4.17. The Hall–Kier alpha value is -1.72. The zero-order valence-electron chi connectivity index (χ0n) is 12.1. The van der Waals surface area contributed by atoms with Crippen molar-refractivity contribution in [2.24, 2.45) is 0 Å². The van der Waals surface area contributed by atoms with Gasteiger partial charge in [-0.2, -0.15) is 5.10 Å². The molecule has 0 radical (unpaired) electrons. The maximum absolute atomic E-state index is 4.48. The van der Waals surface area contributed by atoms with Gasteiger partial charge in [0.2, 0.25) is 0 Å². The molecule has 2 aromatic heterocycles. The molecule has 0 unspecified atom stereocenters. The highest BCUT2D eigenvalue weighted by molar-refractivity contribution is 5.28. The maximum atomic E-state index is 4.48.